The van der Waals surface area contributed by atoms with Gasteiger partial charge in [0.2, 0.25) is 0 Å². The summed E-state index contributed by atoms with van der Waals surface area (Å²) in [4.78, 5) is 4.65. The molecule has 40 heavy (non-hydrogen) atoms. The highest BCUT2D eigenvalue weighted by molar-refractivity contribution is 7.92. The standard InChI is InChI=1S/C29H32N2O8S/c1-17-10-23(34-2)28(39-7)16-29(17)40(32,33)31-21-15-27(38-6)25(36-4)13-19(21)11-22-20-14-26(37-5)24(35-3)12-18(20)8-9-30-22/h8-10,12-16,31H,11H2,1-7H3. The van der Waals surface area contributed by atoms with Gasteiger partial charge < -0.3 is 28.4 Å². The van der Waals surface area contributed by atoms with Crippen LogP contribution in [0.15, 0.2) is 53.6 Å². The molecule has 0 fully saturated rings. The van der Waals surface area contributed by atoms with Crippen molar-refractivity contribution in [2.75, 3.05) is 47.4 Å². The van der Waals surface area contributed by atoms with E-state index in [1.807, 2.05) is 18.2 Å². The molecule has 0 unspecified atom stereocenters. The predicted octanol–water partition coefficient (Wildman–Crippen LogP) is 4.99. The van der Waals surface area contributed by atoms with Crippen LogP contribution in [0.25, 0.3) is 10.8 Å². The topological polar surface area (TPSA) is 114 Å². The van der Waals surface area contributed by atoms with Crippen LogP contribution in [0.5, 0.6) is 34.5 Å². The summed E-state index contributed by atoms with van der Waals surface area (Å²) >= 11 is 0. The van der Waals surface area contributed by atoms with Crippen LogP contribution in [-0.2, 0) is 16.4 Å². The quantitative estimate of drug-likeness (QED) is 0.267. The molecule has 0 aliphatic heterocycles. The van der Waals surface area contributed by atoms with Crippen molar-refractivity contribution < 1.29 is 36.8 Å². The van der Waals surface area contributed by atoms with E-state index in [1.165, 1.54) is 34.5 Å². The molecule has 0 atom stereocenters. The molecule has 3 aromatic carbocycles. The first-order valence-electron chi connectivity index (χ1n) is 12.2. The SMILES string of the molecule is COc1cc(C)c(S(=O)(=O)Nc2cc(OC)c(OC)cc2Cc2nccc3cc(OC)c(OC)cc23)cc1OC. The molecule has 0 saturated heterocycles. The number of aryl methyl sites for hydroxylation is 1. The molecule has 0 aliphatic carbocycles. The number of rotatable bonds is 11. The smallest absolute Gasteiger partial charge is 0.262 e. The van der Waals surface area contributed by atoms with Crippen LogP contribution in [0.4, 0.5) is 5.69 Å². The monoisotopic (exact) mass is 568 g/mol. The lowest BCUT2D eigenvalue weighted by atomic mass is 10.0. The molecule has 212 valence electrons. The first-order valence-corrected chi connectivity index (χ1v) is 13.7. The van der Waals surface area contributed by atoms with Crippen molar-refractivity contribution in [1.29, 1.82) is 0 Å². The van der Waals surface area contributed by atoms with Gasteiger partial charge in [0.05, 0.1) is 58.9 Å². The maximum Gasteiger partial charge on any atom is 0.262 e. The number of hydrogen-bond acceptors (Lipinski definition) is 9. The van der Waals surface area contributed by atoms with E-state index in [9.17, 15) is 8.42 Å². The number of pyridine rings is 1. The van der Waals surface area contributed by atoms with Crippen LogP contribution < -0.4 is 33.1 Å². The van der Waals surface area contributed by atoms with E-state index in [4.69, 9.17) is 28.4 Å². The molecular formula is C29H32N2O8S. The van der Waals surface area contributed by atoms with Gasteiger partial charge >= 0.3 is 0 Å². The van der Waals surface area contributed by atoms with Crippen LogP contribution in [0.1, 0.15) is 16.8 Å². The number of hydrogen-bond donors (Lipinski definition) is 1. The van der Waals surface area contributed by atoms with Gasteiger partial charge in [0, 0.05) is 30.1 Å². The molecule has 0 amide bonds. The van der Waals surface area contributed by atoms with Gasteiger partial charge in [-0.15, -0.1) is 0 Å². The van der Waals surface area contributed by atoms with E-state index in [0.717, 1.165) is 10.8 Å². The molecule has 1 heterocycles. The number of nitrogens with zero attached hydrogens (tertiary/aromatic N) is 1. The highest BCUT2D eigenvalue weighted by Gasteiger charge is 2.24. The number of methoxy groups -OCH3 is 6. The summed E-state index contributed by atoms with van der Waals surface area (Å²) in [6.07, 6.45) is 1.97. The number of sulfonamides is 1. The lowest BCUT2D eigenvalue weighted by Crippen LogP contribution is -2.16. The van der Waals surface area contributed by atoms with E-state index in [2.05, 4.69) is 9.71 Å². The van der Waals surface area contributed by atoms with Gasteiger partial charge in [0.15, 0.2) is 34.5 Å². The van der Waals surface area contributed by atoms with Crippen molar-refractivity contribution >= 4 is 26.5 Å². The second-order valence-electron chi connectivity index (χ2n) is 8.81. The molecule has 0 spiro atoms. The number of fused-ring (bicyclic) bond motifs is 1. The third kappa shape index (κ3) is 5.50. The van der Waals surface area contributed by atoms with Crippen LogP contribution in [0, 0.1) is 6.92 Å². The Morgan fingerprint density at radius 3 is 1.85 bits per heavy atom. The van der Waals surface area contributed by atoms with Crippen LogP contribution in [-0.4, -0.2) is 56.1 Å². The van der Waals surface area contributed by atoms with Crippen LogP contribution in [0.2, 0.25) is 0 Å². The van der Waals surface area contributed by atoms with E-state index >= 15 is 0 Å². The summed E-state index contributed by atoms with van der Waals surface area (Å²) in [6.45, 7) is 1.69. The normalized spacial score (nSPS) is 11.2. The Bertz CT molecular complexity index is 1650. The fourth-order valence-electron chi connectivity index (χ4n) is 4.49. The van der Waals surface area contributed by atoms with Crippen LogP contribution in [0.3, 0.4) is 0 Å². The molecule has 4 rings (SSSR count). The molecule has 0 saturated carbocycles. The zero-order chi connectivity index (χ0) is 29.0. The third-order valence-electron chi connectivity index (χ3n) is 6.53. The number of anilines is 1. The van der Waals surface area contributed by atoms with E-state index in [-0.39, 0.29) is 11.3 Å². The zero-order valence-corrected chi connectivity index (χ0v) is 24.3. The van der Waals surface area contributed by atoms with Gasteiger partial charge in [0.1, 0.15) is 0 Å². The van der Waals surface area contributed by atoms with Crippen molar-refractivity contribution in [2.24, 2.45) is 0 Å². The second kappa shape index (κ2) is 11.8. The fraction of sp³-hybridized carbons (Fsp3) is 0.276. The fourth-order valence-corrected chi connectivity index (χ4v) is 5.83. The zero-order valence-electron chi connectivity index (χ0n) is 23.4. The van der Waals surface area contributed by atoms with Crippen molar-refractivity contribution in [3.8, 4) is 34.5 Å². The Balaban J connectivity index is 1.84. The Morgan fingerprint density at radius 2 is 1.23 bits per heavy atom. The first-order chi connectivity index (χ1) is 19.2. The minimum Gasteiger partial charge on any atom is -0.493 e. The van der Waals surface area contributed by atoms with Gasteiger partial charge in [-0.3, -0.25) is 9.71 Å². The molecule has 0 aliphatic rings. The third-order valence-corrected chi connectivity index (χ3v) is 8.04. The maximum absolute atomic E-state index is 13.7. The van der Waals surface area contributed by atoms with E-state index < -0.39 is 10.0 Å². The van der Waals surface area contributed by atoms with Gasteiger partial charge in [-0.05, 0) is 53.8 Å². The summed E-state index contributed by atoms with van der Waals surface area (Å²) in [5, 5.41) is 1.73. The summed E-state index contributed by atoms with van der Waals surface area (Å²) in [7, 11) is 5.03. The van der Waals surface area contributed by atoms with Crippen molar-refractivity contribution in [3.63, 3.8) is 0 Å². The minimum absolute atomic E-state index is 0.0472. The molecular weight excluding hydrogens is 536 g/mol. The van der Waals surface area contributed by atoms with Crippen molar-refractivity contribution in [1.82, 2.24) is 4.98 Å². The summed E-state index contributed by atoms with van der Waals surface area (Å²) < 4.78 is 62.7. The number of nitrogens with one attached hydrogen (secondary N) is 1. The minimum atomic E-state index is -4.06. The van der Waals surface area contributed by atoms with Crippen molar-refractivity contribution in [3.05, 3.63) is 65.5 Å². The summed E-state index contributed by atoms with van der Waals surface area (Å²) in [5.74, 6) is 2.69. The molecule has 10 nitrogen and oxygen atoms in total. The Kier molecular flexibility index (Phi) is 8.43. The van der Waals surface area contributed by atoms with E-state index in [0.29, 0.717) is 57.0 Å². The maximum atomic E-state index is 13.7. The van der Waals surface area contributed by atoms with Gasteiger partial charge in [-0.25, -0.2) is 8.42 Å². The lowest BCUT2D eigenvalue weighted by molar-refractivity contribution is 0.353. The van der Waals surface area contributed by atoms with Gasteiger partial charge in [0.25, 0.3) is 10.0 Å². The molecule has 0 bridgehead atoms. The highest BCUT2D eigenvalue weighted by Crippen LogP contribution is 2.39. The highest BCUT2D eigenvalue weighted by atomic mass is 32.2. The molecule has 1 aromatic heterocycles. The Labute approximate surface area is 233 Å². The van der Waals surface area contributed by atoms with Gasteiger partial charge in [-0.1, -0.05) is 0 Å². The molecule has 1 N–H and O–H groups in total. The average Bonchev–Trinajstić information content (AvgIpc) is 2.96. The van der Waals surface area contributed by atoms with Gasteiger partial charge in [-0.2, -0.15) is 0 Å². The first kappa shape index (κ1) is 28.6. The molecule has 0 radical (unpaired) electrons. The predicted molar refractivity (Wildman–Crippen MR) is 152 cm³/mol. The average molecular weight is 569 g/mol. The molecule has 11 heteroatoms. The molecule has 4 aromatic rings. The van der Waals surface area contributed by atoms with Crippen molar-refractivity contribution in [2.45, 2.75) is 18.2 Å². The largest absolute Gasteiger partial charge is 0.493 e. The van der Waals surface area contributed by atoms with Crippen LogP contribution >= 0.6 is 0 Å². The number of benzene rings is 3. The number of aromatic nitrogens is 1. The Hall–Kier alpha value is -4.38. The second-order valence-corrected chi connectivity index (χ2v) is 10.5. The summed E-state index contributed by atoms with van der Waals surface area (Å²) in [6, 6.07) is 12.0. The lowest BCUT2D eigenvalue weighted by Gasteiger charge is -2.19. The summed E-state index contributed by atoms with van der Waals surface area (Å²) in [5.41, 5.74) is 2.12. The van der Waals surface area contributed by atoms with E-state index in [1.54, 1.807) is 45.5 Å². The Morgan fingerprint density at radius 1 is 0.700 bits per heavy atom. The number of ether oxygens (including phenoxy) is 6.